The quantitative estimate of drug-likeness (QED) is 0.264. The molecule has 3 N–H and O–H groups in total. The molecule has 1 atom stereocenters. The number of pyridine rings is 1. The van der Waals surface area contributed by atoms with E-state index in [-0.39, 0.29) is 6.42 Å². The average Bonchev–Trinajstić information content (AvgIpc) is 3.40. The SMILES string of the molecule is CCc1cc(F)cc(C)c1C(=O)NC(Cc1ccc(-n2cnc(CNc3cc(OC)ccn3)c2)cc1)C(=O)O. The zero-order valence-electron chi connectivity index (χ0n) is 21.9. The molecule has 0 radical (unpaired) electrons. The Balaban J connectivity index is 1.40. The van der Waals surface area contributed by atoms with Crippen LogP contribution in [0.5, 0.6) is 5.75 Å². The van der Waals surface area contributed by atoms with Gasteiger partial charge in [-0.15, -0.1) is 0 Å². The highest BCUT2D eigenvalue weighted by atomic mass is 19.1. The minimum Gasteiger partial charge on any atom is -0.497 e. The number of aryl methyl sites for hydroxylation is 2. The Kier molecular flexibility index (Phi) is 8.55. The second kappa shape index (κ2) is 12.2. The third-order valence-corrected chi connectivity index (χ3v) is 6.32. The maximum atomic E-state index is 13.8. The van der Waals surface area contributed by atoms with Gasteiger partial charge in [0.05, 0.1) is 25.7 Å². The van der Waals surface area contributed by atoms with Gasteiger partial charge in [0.25, 0.3) is 5.91 Å². The molecule has 1 unspecified atom stereocenters. The number of amides is 1. The predicted octanol–water partition coefficient (Wildman–Crippen LogP) is 4.32. The molecule has 1 amide bonds. The number of carboxylic acid groups (broad SMARTS) is 1. The number of aromatic nitrogens is 3. The molecule has 0 aliphatic heterocycles. The summed E-state index contributed by atoms with van der Waals surface area (Å²) in [7, 11) is 1.60. The molecule has 0 spiro atoms. The number of benzene rings is 2. The van der Waals surface area contributed by atoms with Gasteiger partial charge in [-0.3, -0.25) is 4.79 Å². The first-order valence-corrected chi connectivity index (χ1v) is 12.5. The minimum atomic E-state index is -1.15. The summed E-state index contributed by atoms with van der Waals surface area (Å²) >= 11 is 0. The lowest BCUT2D eigenvalue weighted by Crippen LogP contribution is -2.42. The van der Waals surface area contributed by atoms with E-state index in [2.05, 4.69) is 20.6 Å². The summed E-state index contributed by atoms with van der Waals surface area (Å²) in [6, 6.07) is 12.4. The topological polar surface area (TPSA) is 118 Å². The molecule has 0 bridgehead atoms. The van der Waals surface area contributed by atoms with Gasteiger partial charge in [0.2, 0.25) is 0 Å². The maximum absolute atomic E-state index is 13.8. The van der Waals surface area contributed by atoms with Crippen LogP contribution in [0.15, 0.2) is 67.3 Å². The van der Waals surface area contributed by atoms with E-state index < -0.39 is 23.7 Å². The van der Waals surface area contributed by atoms with E-state index >= 15 is 0 Å². The number of ether oxygens (including phenoxy) is 1. The largest absolute Gasteiger partial charge is 0.497 e. The zero-order valence-corrected chi connectivity index (χ0v) is 21.9. The van der Waals surface area contributed by atoms with Crippen molar-refractivity contribution in [2.45, 2.75) is 39.3 Å². The molecule has 2 aromatic carbocycles. The highest BCUT2D eigenvalue weighted by Crippen LogP contribution is 2.19. The smallest absolute Gasteiger partial charge is 0.326 e. The summed E-state index contributed by atoms with van der Waals surface area (Å²) in [6.45, 7) is 3.93. The van der Waals surface area contributed by atoms with E-state index in [1.807, 2.05) is 42.0 Å². The van der Waals surface area contributed by atoms with Gasteiger partial charge in [-0.2, -0.15) is 0 Å². The van der Waals surface area contributed by atoms with Crippen LogP contribution in [0.2, 0.25) is 0 Å². The standard InChI is InChI=1S/C29H30FN5O4/c1-4-20-13-21(30)11-18(2)27(20)28(36)34-25(29(37)38)12-19-5-7-23(8-6-19)35-16-22(33-17-35)15-32-26-14-24(39-3)9-10-31-26/h5-11,13-14,16-17,25H,4,12,15H2,1-3H3,(H,31,32)(H,34,36)(H,37,38). The molecular formula is C29H30FN5O4. The summed E-state index contributed by atoms with van der Waals surface area (Å²) in [4.78, 5) is 33.6. The van der Waals surface area contributed by atoms with E-state index in [0.717, 1.165) is 16.9 Å². The molecule has 0 aliphatic rings. The van der Waals surface area contributed by atoms with Gasteiger partial charge >= 0.3 is 5.97 Å². The van der Waals surface area contributed by atoms with Crippen LogP contribution in [0.25, 0.3) is 5.69 Å². The van der Waals surface area contributed by atoms with Crippen LogP contribution in [0.4, 0.5) is 10.2 Å². The summed E-state index contributed by atoms with van der Waals surface area (Å²) in [5.41, 5.74) is 3.71. The predicted molar refractivity (Wildman–Crippen MR) is 145 cm³/mol. The molecule has 0 saturated carbocycles. The Labute approximate surface area is 225 Å². The number of anilines is 1. The van der Waals surface area contributed by atoms with Crippen LogP contribution in [-0.4, -0.2) is 44.7 Å². The van der Waals surface area contributed by atoms with Crippen molar-refractivity contribution in [3.8, 4) is 11.4 Å². The Bertz CT molecular complexity index is 1470. The molecule has 10 heteroatoms. The number of halogens is 1. The van der Waals surface area contributed by atoms with Gasteiger partial charge in [-0.05, 0) is 60.4 Å². The first-order chi connectivity index (χ1) is 18.8. The fourth-order valence-corrected chi connectivity index (χ4v) is 4.30. The number of nitrogens with one attached hydrogen (secondary N) is 2. The first-order valence-electron chi connectivity index (χ1n) is 12.5. The van der Waals surface area contributed by atoms with Crippen molar-refractivity contribution in [2.24, 2.45) is 0 Å². The first kappa shape index (κ1) is 27.3. The third kappa shape index (κ3) is 6.78. The van der Waals surface area contributed by atoms with E-state index in [9.17, 15) is 19.1 Å². The molecule has 2 aromatic heterocycles. The highest BCUT2D eigenvalue weighted by Gasteiger charge is 2.24. The zero-order chi connectivity index (χ0) is 27.9. The molecule has 39 heavy (non-hydrogen) atoms. The van der Waals surface area contributed by atoms with Crippen LogP contribution >= 0.6 is 0 Å². The Morgan fingerprint density at radius 3 is 2.59 bits per heavy atom. The maximum Gasteiger partial charge on any atom is 0.326 e. The summed E-state index contributed by atoms with van der Waals surface area (Å²) in [6.07, 6.45) is 5.79. The second-order valence-corrected chi connectivity index (χ2v) is 9.05. The average molecular weight is 532 g/mol. The van der Waals surface area contributed by atoms with Crippen molar-refractivity contribution < 1.29 is 23.8 Å². The normalized spacial score (nSPS) is 11.6. The fraction of sp³-hybridized carbons (Fsp3) is 0.241. The van der Waals surface area contributed by atoms with Gasteiger partial charge in [-0.25, -0.2) is 19.2 Å². The van der Waals surface area contributed by atoms with Gasteiger partial charge < -0.3 is 25.0 Å². The molecular weight excluding hydrogens is 501 g/mol. The van der Waals surface area contributed by atoms with Crippen LogP contribution in [0, 0.1) is 12.7 Å². The van der Waals surface area contributed by atoms with Crippen molar-refractivity contribution in [1.82, 2.24) is 19.9 Å². The van der Waals surface area contributed by atoms with Crippen molar-refractivity contribution in [3.63, 3.8) is 0 Å². The van der Waals surface area contributed by atoms with Crippen molar-refractivity contribution in [1.29, 1.82) is 0 Å². The van der Waals surface area contributed by atoms with E-state index in [4.69, 9.17) is 4.74 Å². The fourth-order valence-electron chi connectivity index (χ4n) is 4.30. The Morgan fingerprint density at radius 1 is 1.13 bits per heavy atom. The molecule has 202 valence electrons. The lowest BCUT2D eigenvalue weighted by Gasteiger charge is -2.18. The van der Waals surface area contributed by atoms with Crippen LogP contribution in [0.1, 0.15) is 39.7 Å². The summed E-state index contributed by atoms with van der Waals surface area (Å²) in [5, 5.41) is 15.6. The number of hydrogen-bond acceptors (Lipinski definition) is 6. The molecule has 0 fully saturated rings. The number of aliphatic carboxylic acids is 1. The summed E-state index contributed by atoms with van der Waals surface area (Å²) < 4.78 is 20.9. The number of carbonyl (C=O) groups excluding carboxylic acids is 1. The Hall–Kier alpha value is -4.73. The third-order valence-electron chi connectivity index (χ3n) is 6.32. The van der Waals surface area contributed by atoms with E-state index in [1.54, 1.807) is 38.7 Å². The number of carboxylic acids is 1. The molecule has 2 heterocycles. The monoisotopic (exact) mass is 531 g/mol. The lowest BCUT2D eigenvalue weighted by molar-refractivity contribution is -0.139. The number of hydrogen-bond donors (Lipinski definition) is 3. The number of methoxy groups -OCH3 is 1. The van der Waals surface area contributed by atoms with E-state index in [0.29, 0.717) is 41.2 Å². The van der Waals surface area contributed by atoms with Crippen LogP contribution in [-0.2, 0) is 24.2 Å². The molecule has 0 aliphatic carbocycles. The number of carbonyl (C=O) groups is 2. The minimum absolute atomic E-state index is 0.0929. The molecule has 4 rings (SSSR count). The number of imidazole rings is 1. The van der Waals surface area contributed by atoms with Gasteiger partial charge in [0, 0.05) is 36.1 Å². The van der Waals surface area contributed by atoms with Gasteiger partial charge in [0.1, 0.15) is 23.4 Å². The van der Waals surface area contributed by atoms with Gasteiger partial charge in [0.15, 0.2) is 0 Å². The van der Waals surface area contributed by atoms with E-state index in [1.165, 1.54) is 12.1 Å². The number of rotatable bonds is 11. The highest BCUT2D eigenvalue weighted by molar-refractivity contribution is 5.99. The molecule has 4 aromatic rings. The Morgan fingerprint density at radius 2 is 1.90 bits per heavy atom. The van der Waals surface area contributed by atoms with Crippen molar-refractivity contribution in [3.05, 3.63) is 101 Å². The molecule has 9 nitrogen and oxygen atoms in total. The van der Waals surface area contributed by atoms with Crippen molar-refractivity contribution >= 4 is 17.7 Å². The lowest BCUT2D eigenvalue weighted by atomic mass is 9.98. The van der Waals surface area contributed by atoms with Crippen LogP contribution in [0.3, 0.4) is 0 Å². The van der Waals surface area contributed by atoms with Crippen molar-refractivity contribution in [2.75, 3.05) is 12.4 Å². The van der Waals surface area contributed by atoms with Gasteiger partial charge in [-0.1, -0.05) is 19.1 Å². The van der Waals surface area contributed by atoms with Crippen LogP contribution < -0.4 is 15.4 Å². The number of nitrogens with zero attached hydrogens (tertiary/aromatic N) is 3. The molecule has 0 saturated heterocycles. The summed E-state index contributed by atoms with van der Waals surface area (Å²) in [5.74, 6) is -0.724. The second-order valence-electron chi connectivity index (χ2n) is 9.05.